The van der Waals surface area contributed by atoms with Crippen LogP contribution in [0.25, 0.3) is 0 Å². The molecule has 1 aromatic carbocycles. The molecule has 0 aliphatic rings. The van der Waals surface area contributed by atoms with Gasteiger partial charge in [0.15, 0.2) is 0 Å². The van der Waals surface area contributed by atoms with Gasteiger partial charge in [0.05, 0.1) is 5.25 Å². The van der Waals surface area contributed by atoms with Crippen molar-refractivity contribution in [3.8, 4) is 0 Å². The lowest BCUT2D eigenvalue weighted by molar-refractivity contribution is -0.142. The Morgan fingerprint density at radius 3 is 2.00 bits per heavy atom. The molecule has 0 aliphatic carbocycles. The molecule has 6 nitrogen and oxygen atoms in total. The normalized spacial score (nSPS) is 14.5. The van der Waals surface area contributed by atoms with Crippen LogP contribution in [0.3, 0.4) is 0 Å². The molecule has 3 N–H and O–H groups in total. The highest BCUT2D eigenvalue weighted by atomic mass is 32.1. The van der Waals surface area contributed by atoms with E-state index in [0.29, 0.717) is 6.42 Å². The molecule has 27 heavy (non-hydrogen) atoms. The van der Waals surface area contributed by atoms with Crippen LogP contribution >= 0.6 is 12.6 Å². The Morgan fingerprint density at radius 2 is 1.52 bits per heavy atom. The smallest absolute Gasteiger partial charge is 0.326 e. The van der Waals surface area contributed by atoms with Crippen molar-refractivity contribution in [2.45, 2.75) is 57.9 Å². The fourth-order valence-electron chi connectivity index (χ4n) is 2.58. The summed E-state index contributed by atoms with van der Waals surface area (Å²) < 4.78 is 0. The van der Waals surface area contributed by atoms with Crippen LogP contribution in [-0.2, 0) is 20.8 Å². The topological polar surface area (TPSA) is 95.5 Å². The molecule has 0 heterocycles. The quantitative estimate of drug-likeness (QED) is 0.458. The van der Waals surface area contributed by atoms with Crippen LogP contribution in [0.4, 0.5) is 0 Å². The van der Waals surface area contributed by atoms with Crippen molar-refractivity contribution in [1.29, 1.82) is 0 Å². The first-order valence-electron chi connectivity index (χ1n) is 9.17. The number of amides is 2. The minimum atomic E-state index is -1.11. The second-order valence-electron chi connectivity index (χ2n) is 7.47. The van der Waals surface area contributed by atoms with Crippen LogP contribution < -0.4 is 10.6 Å². The summed E-state index contributed by atoms with van der Waals surface area (Å²) in [6, 6.07) is 7.22. The Balaban J connectivity index is 2.85. The molecule has 150 valence electrons. The van der Waals surface area contributed by atoms with Gasteiger partial charge in [0.25, 0.3) is 0 Å². The summed E-state index contributed by atoms with van der Waals surface area (Å²) in [6.45, 7) is 7.61. The fourth-order valence-corrected chi connectivity index (χ4v) is 2.66. The summed E-state index contributed by atoms with van der Waals surface area (Å²) in [7, 11) is 0. The predicted octanol–water partition coefficient (Wildman–Crippen LogP) is 2.28. The molecule has 3 atom stereocenters. The van der Waals surface area contributed by atoms with Crippen LogP contribution in [-0.4, -0.2) is 40.2 Å². The van der Waals surface area contributed by atoms with E-state index in [4.69, 9.17) is 0 Å². The third-order valence-corrected chi connectivity index (χ3v) is 4.97. The maximum atomic E-state index is 12.7. The maximum absolute atomic E-state index is 12.7. The lowest BCUT2D eigenvalue weighted by Crippen LogP contribution is -2.54. The largest absolute Gasteiger partial charge is 0.480 e. The number of hydrogen-bond donors (Lipinski definition) is 4. The summed E-state index contributed by atoms with van der Waals surface area (Å²) >= 11 is 4.28. The average Bonchev–Trinajstić information content (AvgIpc) is 2.59. The van der Waals surface area contributed by atoms with Gasteiger partial charge < -0.3 is 15.7 Å². The zero-order chi connectivity index (χ0) is 20.6. The van der Waals surface area contributed by atoms with E-state index in [1.807, 2.05) is 58.0 Å². The first-order chi connectivity index (χ1) is 12.6. The molecule has 0 saturated heterocycles. The molecule has 0 saturated carbocycles. The minimum Gasteiger partial charge on any atom is -0.480 e. The number of hydrogen-bond acceptors (Lipinski definition) is 4. The lowest BCUT2D eigenvalue weighted by Gasteiger charge is -2.24. The van der Waals surface area contributed by atoms with Crippen LogP contribution in [0.15, 0.2) is 30.3 Å². The summed E-state index contributed by atoms with van der Waals surface area (Å²) in [6.07, 6.45) is 0.583. The lowest BCUT2D eigenvalue weighted by atomic mass is 10.0. The number of nitrogens with one attached hydrogen (secondary N) is 2. The zero-order valence-electron chi connectivity index (χ0n) is 16.3. The summed E-state index contributed by atoms with van der Waals surface area (Å²) in [5, 5.41) is 14.2. The fraction of sp³-hybridized carbons (Fsp3) is 0.550. The van der Waals surface area contributed by atoms with Crippen molar-refractivity contribution in [3.05, 3.63) is 35.9 Å². The van der Waals surface area contributed by atoms with Crippen molar-refractivity contribution in [3.63, 3.8) is 0 Å². The number of carboxylic acids is 1. The van der Waals surface area contributed by atoms with Crippen LogP contribution in [0.2, 0.25) is 0 Å². The SMILES string of the molecule is CC(C)CC(NC(=O)C(S)C(C)C)C(=O)NC(Cc1ccccc1)C(=O)O. The van der Waals surface area contributed by atoms with E-state index < -0.39 is 29.2 Å². The molecule has 0 aromatic heterocycles. The molecule has 1 rings (SSSR count). The predicted molar refractivity (Wildman–Crippen MR) is 109 cm³/mol. The molecular weight excluding hydrogens is 364 g/mol. The Kier molecular flexibility index (Phi) is 9.35. The van der Waals surface area contributed by atoms with Crippen molar-refractivity contribution in [1.82, 2.24) is 10.6 Å². The van der Waals surface area contributed by atoms with E-state index >= 15 is 0 Å². The molecule has 0 fully saturated rings. The minimum absolute atomic E-state index is 0.0148. The van der Waals surface area contributed by atoms with Gasteiger partial charge >= 0.3 is 5.97 Å². The van der Waals surface area contributed by atoms with E-state index in [1.165, 1.54) is 0 Å². The second kappa shape index (κ2) is 11.0. The van der Waals surface area contributed by atoms with Crippen molar-refractivity contribution in [2.24, 2.45) is 11.8 Å². The van der Waals surface area contributed by atoms with Crippen LogP contribution in [0.1, 0.15) is 39.7 Å². The first kappa shape index (κ1) is 23.0. The van der Waals surface area contributed by atoms with Gasteiger partial charge in [-0.2, -0.15) is 12.6 Å². The van der Waals surface area contributed by atoms with Gasteiger partial charge in [-0.25, -0.2) is 4.79 Å². The third kappa shape index (κ3) is 8.03. The number of carboxylic acid groups (broad SMARTS) is 1. The first-order valence-corrected chi connectivity index (χ1v) is 9.69. The number of carbonyl (C=O) groups is 3. The summed E-state index contributed by atoms with van der Waals surface area (Å²) in [4.78, 5) is 36.6. The summed E-state index contributed by atoms with van der Waals surface area (Å²) in [5.41, 5.74) is 0.810. The van der Waals surface area contributed by atoms with Gasteiger partial charge in [-0.15, -0.1) is 0 Å². The zero-order valence-corrected chi connectivity index (χ0v) is 17.2. The Bertz CT molecular complexity index is 634. The van der Waals surface area contributed by atoms with E-state index in [-0.39, 0.29) is 24.2 Å². The van der Waals surface area contributed by atoms with Gasteiger partial charge in [0.2, 0.25) is 11.8 Å². The molecule has 3 unspecified atom stereocenters. The molecule has 2 amide bonds. The van der Waals surface area contributed by atoms with Gasteiger partial charge in [-0.05, 0) is 23.8 Å². The van der Waals surface area contributed by atoms with E-state index in [2.05, 4.69) is 23.3 Å². The number of thiol groups is 1. The molecule has 1 aromatic rings. The monoisotopic (exact) mass is 394 g/mol. The Morgan fingerprint density at radius 1 is 0.963 bits per heavy atom. The van der Waals surface area contributed by atoms with Crippen LogP contribution in [0.5, 0.6) is 0 Å². The number of benzene rings is 1. The average molecular weight is 395 g/mol. The Hall–Kier alpha value is -2.02. The molecule has 7 heteroatoms. The van der Waals surface area contributed by atoms with E-state index in [0.717, 1.165) is 5.56 Å². The van der Waals surface area contributed by atoms with Gasteiger partial charge in [-0.1, -0.05) is 58.0 Å². The molecular formula is C20H30N2O4S. The van der Waals surface area contributed by atoms with Crippen molar-refractivity contribution >= 4 is 30.4 Å². The highest BCUT2D eigenvalue weighted by Crippen LogP contribution is 2.12. The molecule has 0 aliphatic heterocycles. The number of carbonyl (C=O) groups excluding carboxylic acids is 2. The van der Waals surface area contributed by atoms with Crippen molar-refractivity contribution < 1.29 is 19.5 Å². The molecule has 0 bridgehead atoms. The standard InChI is InChI=1S/C20H30N2O4S/c1-12(2)10-15(21-19(24)17(27)13(3)4)18(23)22-16(20(25)26)11-14-8-6-5-7-9-14/h5-9,12-13,15-17,27H,10-11H2,1-4H3,(H,21,24)(H,22,23)(H,25,26). The van der Waals surface area contributed by atoms with E-state index in [1.54, 1.807) is 0 Å². The number of rotatable bonds is 10. The Labute approximate surface area is 166 Å². The van der Waals surface area contributed by atoms with Gasteiger partial charge in [-0.3, -0.25) is 9.59 Å². The second-order valence-corrected chi connectivity index (χ2v) is 8.03. The molecule has 0 spiro atoms. The third-order valence-electron chi connectivity index (χ3n) is 4.14. The number of aliphatic carboxylic acids is 1. The maximum Gasteiger partial charge on any atom is 0.326 e. The molecule has 0 radical (unpaired) electrons. The van der Waals surface area contributed by atoms with E-state index in [9.17, 15) is 19.5 Å². The highest BCUT2D eigenvalue weighted by molar-refractivity contribution is 7.81. The van der Waals surface area contributed by atoms with Crippen molar-refractivity contribution in [2.75, 3.05) is 0 Å². The van der Waals surface area contributed by atoms with Gasteiger partial charge in [0.1, 0.15) is 12.1 Å². The highest BCUT2D eigenvalue weighted by Gasteiger charge is 2.29. The van der Waals surface area contributed by atoms with Gasteiger partial charge in [0, 0.05) is 6.42 Å². The summed E-state index contributed by atoms with van der Waals surface area (Å²) in [5.74, 6) is -1.78. The van der Waals surface area contributed by atoms with Crippen LogP contribution in [0, 0.1) is 11.8 Å².